The number of hydrogen-bond donors (Lipinski definition) is 1. The van der Waals surface area contributed by atoms with E-state index in [9.17, 15) is 13.2 Å². The van der Waals surface area contributed by atoms with E-state index in [2.05, 4.69) is 25.1 Å². The highest BCUT2D eigenvalue weighted by Crippen LogP contribution is 2.29. The Morgan fingerprint density at radius 3 is 2.58 bits per heavy atom. The number of aryl methyl sites for hydroxylation is 1. The third kappa shape index (κ3) is 3.53. The van der Waals surface area contributed by atoms with Crippen LogP contribution in [0, 0.1) is 0 Å². The van der Waals surface area contributed by atoms with Gasteiger partial charge in [0.25, 0.3) is 0 Å². The molecule has 6 nitrogen and oxygen atoms in total. The van der Waals surface area contributed by atoms with Crippen molar-refractivity contribution in [2.24, 2.45) is 0 Å². The quantitative estimate of drug-likeness (QED) is 0.904. The van der Waals surface area contributed by atoms with Crippen LogP contribution in [0.5, 0.6) is 0 Å². The number of fused-ring (bicyclic) bond motifs is 1. The van der Waals surface area contributed by atoms with Crippen LogP contribution in [0.1, 0.15) is 35.5 Å². The number of aromatic nitrogens is 4. The second kappa shape index (κ2) is 6.86. The van der Waals surface area contributed by atoms with Crippen LogP contribution in [0.4, 0.5) is 19.0 Å². The van der Waals surface area contributed by atoms with Crippen LogP contribution in [0.15, 0.2) is 12.4 Å². The van der Waals surface area contributed by atoms with Crippen molar-refractivity contribution in [2.45, 2.75) is 38.4 Å². The summed E-state index contributed by atoms with van der Waals surface area (Å²) in [6, 6.07) is 1.03. The van der Waals surface area contributed by atoms with Crippen molar-refractivity contribution >= 4 is 5.82 Å². The van der Waals surface area contributed by atoms with E-state index in [4.69, 9.17) is 0 Å². The molecule has 2 aromatic rings. The SMILES string of the molecule is FC(F)(F)c1cc(N2CCN(Cc3n[nH]c4c3CCCC4)CC2)ncn1. The molecule has 0 aromatic carbocycles. The smallest absolute Gasteiger partial charge is 0.354 e. The van der Waals surface area contributed by atoms with Gasteiger partial charge in [-0.2, -0.15) is 18.3 Å². The molecule has 3 heterocycles. The Balaban J connectivity index is 1.38. The summed E-state index contributed by atoms with van der Waals surface area (Å²) in [4.78, 5) is 11.5. The van der Waals surface area contributed by atoms with E-state index in [1.54, 1.807) is 0 Å². The lowest BCUT2D eigenvalue weighted by molar-refractivity contribution is -0.141. The number of rotatable bonds is 3. The maximum atomic E-state index is 12.8. The summed E-state index contributed by atoms with van der Waals surface area (Å²) in [6.07, 6.45) is 1.13. The molecule has 1 saturated heterocycles. The minimum absolute atomic E-state index is 0.337. The molecule has 2 aliphatic rings. The van der Waals surface area contributed by atoms with Gasteiger partial charge >= 0.3 is 6.18 Å². The molecule has 1 N–H and O–H groups in total. The summed E-state index contributed by atoms with van der Waals surface area (Å²) >= 11 is 0. The molecule has 0 unspecified atom stereocenters. The predicted molar refractivity (Wildman–Crippen MR) is 89.8 cm³/mol. The number of halogens is 3. The number of hydrogen-bond acceptors (Lipinski definition) is 5. The van der Waals surface area contributed by atoms with Crippen LogP contribution in [-0.4, -0.2) is 51.2 Å². The molecular formula is C17H21F3N6. The predicted octanol–water partition coefficient (Wildman–Crippen LogP) is 2.42. The zero-order chi connectivity index (χ0) is 18.1. The molecule has 1 aliphatic heterocycles. The average Bonchev–Trinajstić information content (AvgIpc) is 3.05. The molecule has 26 heavy (non-hydrogen) atoms. The molecule has 0 atom stereocenters. The molecule has 2 aromatic heterocycles. The van der Waals surface area contributed by atoms with Crippen molar-refractivity contribution in [3.63, 3.8) is 0 Å². The normalized spacial score (nSPS) is 18.8. The first-order valence-corrected chi connectivity index (χ1v) is 8.92. The molecule has 0 saturated carbocycles. The third-order valence-electron chi connectivity index (χ3n) is 5.15. The second-order valence-corrected chi connectivity index (χ2v) is 6.86. The van der Waals surface area contributed by atoms with Crippen molar-refractivity contribution in [2.75, 3.05) is 31.1 Å². The monoisotopic (exact) mass is 366 g/mol. The van der Waals surface area contributed by atoms with E-state index in [1.807, 2.05) is 4.90 Å². The molecule has 1 aliphatic carbocycles. The topological polar surface area (TPSA) is 60.9 Å². The van der Waals surface area contributed by atoms with E-state index in [0.29, 0.717) is 18.9 Å². The Kier molecular flexibility index (Phi) is 4.56. The van der Waals surface area contributed by atoms with Gasteiger partial charge in [-0.05, 0) is 31.2 Å². The zero-order valence-corrected chi connectivity index (χ0v) is 14.4. The van der Waals surface area contributed by atoms with E-state index in [1.165, 1.54) is 24.1 Å². The number of piperazine rings is 1. The van der Waals surface area contributed by atoms with Gasteiger partial charge in [-0.15, -0.1) is 0 Å². The molecule has 0 radical (unpaired) electrons. The van der Waals surface area contributed by atoms with Crippen LogP contribution < -0.4 is 4.90 Å². The molecule has 0 bridgehead atoms. The lowest BCUT2D eigenvalue weighted by Gasteiger charge is -2.35. The molecule has 9 heteroatoms. The van der Waals surface area contributed by atoms with Gasteiger partial charge in [-0.3, -0.25) is 10.00 Å². The number of H-pyrrole nitrogens is 1. The van der Waals surface area contributed by atoms with Crippen molar-refractivity contribution in [3.05, 3.63) is 35.0 Å². The Morgan fingerprint density at radius 2 is 1.81 bits per heavy atom. The molecule has 1 fully saturated rings. The minimum Gasteiger partial charge on any atom is -0.354 e. The summed E-state index contributed by atoms with van der Waals surface area (Å²) in [5.74, 6) is 0.337. The van der Waals surface area contributed by atoms with Gasteiger partial charge in [-0.25, -0.2) is 9.97 Å². The van der Waals surface area contributed by atoms with Crippen molar-refractivity contribution < 1.29 is 13.2 Å². The first kappa shape index (κ1) is 17.3. The van der Waals surface area contributed by atoms with Gasteiger partial charge in [-0.1, -0.05) is 0 Å². The Morgan fingerprint density at radius 1 is 1.04 bits per heavy atom. The minimum atomic E-state index is -4.45. The summed E-state index contributed by atoms with van der Waals surface area (Å²) in [6.45, 7) is 3.61. The number of aromatic amines is 1. The standard InChI is InChI=1S/C17H21F3N6/c18-17(19,20)15-9-16(22-11-21-15)26-7-5-25(6-8-26)10-14-12-3-1-2-4-13(12)23-24-14/h9,11H,1-8,10H2,(H,23,24). The fraction of sp³-hybridized carbons (Fsp3) is 0.588. The van der Waals surface area contributed by atoms with Crippen LogP contribution >= 0.6 is 0 Å². The van der Waals surface area contributed by atoms with Gasteiger partial charge in [0.1, 0.15) is 17.8 Å². The zero-order valence-electron chi connectivity index (χ0n) is 14.4. The van der Waals surface area contributed by atoms with Gasteiger partial charge < -0.3 is 4.90 Å². The van der Waals surface area contributed by atoms with Gasteiger partial charge in [0.05, 0.1) is 5.69 Å². The summed E-state index contributed by atoms with van der Waals surface area (Å²) in [5.41, 5.74) is 2.86. The van der Waals surface area contributed by atoms with Crippen molar-refractivity contribution in [1.29, 1.82) is 0 Å². The Labute approximate surface area is 149 Å². The average molecular weight is 366 g/mol. The summed E-state index contributed by atoms with van der Waals surface area (Å²) in [7, 11) is 0. The number of alkyl halides is 3. The maximum absolute atomic E-state index is 12.8. The third-order valence-corrected chi connectivity index (χ3v) is 5.15. The largest absolute Gasteiger partial charge is 0.433 e. The fourth-order valence-corrected chi connectivity index (χ4v) is 3.70. The Bertz CT molecular complexity index is 764. The van der Waals surface area contributed by atoms with E-state index in [0.717, 1.165) is 50.6 Å². The van der Waals surface area contributed by atoms with Crippen LogP contribution in [0.2, 0.25) is 0 Å². The van der Waals surface area contributed by atoms with Crippen molar-refractivity contribution in [3.8, 4) is 0 Å². The Hall–Kier alpha value is -2.16. The van der Waals surface area contributed by atoms with Gasteiger partial charge in [0.2, 0.25) is 0 Å². The lowest BCUT2D eigenvalue weighted by Crippen LogP contribution is -2.46. The number of nitrogens with one attached hydrogen (secondary N) is 1. The van der Waals surface area contributed by atoms with Gasteiger partial charge in [0.15, 0.2) is 0 Å². The van der Waals surface area contributed by atoms with Crippen LogP contribution in [0.25, 0.3) is 0 Å². The van der Waals surface area contributed by atoms with Gasteiger partial charge in [0, 0.05) is 44.5 Å². The number of nitrogens with zero attached hydrogens (tertiary/aromatic N) is 5. The summed E-state index contributed by atoms with van der Waals surface area (Å²) in [5, 5.41) is 7.64. The molecule has 0 spiro atoms. The maximum Gasteiger partial charge on any atom is 0.433 e. The van der Waals surface area contributed by atoms with E-state index >= 15 is 0 Å². The number of anilines is 1. The first-order chi connectivity index (χ1) is 12.5. The first-order valence-electron chi connectivity index (χ1n) is 8.92. The highest BCUT2D eigenvalue weighted by Gasteiger charge is 2.33. The van der Waals surface area contributed by atoms with E-state index < -0.39 is 11.9 Å². The molecular weight excluding hydrogens is 345 g/mol. The lowest BCUT2D eigenvalue weighted by atomic mass is 9.96. The fourth-order valence-electron chi connectivity index (χ4n) is 3.70. The van der Waals surface area contributed by atoms with Crippen molar-refractivity contribution in [1.82, 2.24) is 25.1 Å². The molecule has 0 amide bonds. The van der Waals surface area contributed by atoms with E-state index in [-0.39, 0.29) is 0 Å². The highest BCUT2D eigenvalue weighted by atomic mass is 19.4. The van der Waals surface area contributed by atoms with Crippen LogP contribution in [-0.2, 0) is 25.6 Å². The molecule has 140 valence electrons. The molecule has 4 rings (SSSR count). The second-order valence-electron chi connectivity index (χ2n) is 6.86. The highest BCUT2D eigenvalue weighted by molar-refractivity contribution is 5.40. The summed E-state index contributed by atoms with van der Waals surface area (Å²) < 4.78 is 38.5. The van der Waals surface area contributed by atoms with Crippen LogP contribution in [0.3, 0.4) is 0 Å².